The fraction of sp³-hybridized carbons (Fsp3) is 0.316. The predicted molar refractivity (Wildman–Crippen MR) is 101 cm³/mol. The van der Waals surface area contributed by atoms with Crippen molar-refractivity contribution in [3.05, 3.63) is 35.2 Å². The third-order valence-electron chi connectivity index (χ3n) is 4.39. The first-order chi connectivity index (χ1) is 13.5. The van der Waals surface area contributed by atoms with E-state index in [1.165, 1.54) is 18.3 Å². The number of urea groups is 1. The molecule has 3 amide bonds. The van der Waals surface area contributed by atoms with Crippen LogP contribution < -0.4 is 14.8 Å². The van der Waals surface area contributed by atoms with Crippen LogP contribution in [0.15, 0.2) is 30.3 Å². The maximum absolute atomic E-state index is 12.4. The summed E-state index contributed by atoms with van der Waals surface area (Å²) in [6.45, 7) is 3.15. The standard InChI is InChI=1S/C19H18N2O6S/c1-11(17(22)21-7-6-20-19(21)24)27-18(23)16-5-4-15(28-16)12-2-3-13-14(10-12)26-9-8-25-13/h2-5,10-11H,6-9H2,1H3,(H,20,24)/t11-/m0/s1. The second kappa shape index (κ2) is 7.51. The van der Waals surface area contributed by atoms with E-state index in [0.29, 0.717) is 36.1 Å². The summed E-state index contributed by atoms with van der Waals surface area (Å²) in [7, 11) is 0. The highest BCUT2D eigenvalue weighted by Crippen LogP contribution is 2.37. The van der Waals surface area contributed by atoms with Gasteiger partial charge in [-0.3, -0.25) is 9.69 Å². The Bertz CT molecular complexity index is 940. The van der Waals surface area contributed by atoms with Crippen LogP contribution in [0.2, 0.25) is 0 Å². The number of carbonyl (C=O) groups excluding carboxylic acids is 3. The average molecular weight is 402 g/mol. The van der Waals surface area contributed by atoms with Crippen molar-refractivity contribution in [2.45, 2.75) is 13.0 Å². The second-order valence-corrected chi connectivity index (χ2v) is 7.38. The van der Waals surface area contributed by atoms with E-state index >= 15 is 0 Å². The molecule has 0 saturated carbocycles. The van der Waals surface area contributed by atoms with Gasteiger partial charge in [-0.15, -0.1) is 11.3 Å². The highest BCUT2D eigenvalue weighted by Gasteiger charge is 2.32. The molecule has 2 aliphatic heterocycles. The van der Waals surface area contributed by atoms with E-state index in [2.05, 4.69) is 5.32 Å². The topological polar surface area (TPSA) is 94.2 Å². The van der Waals surface area contributed by atoms with Crippen LogP contribution in [0.3, 0.4) is 0 Å². The molecule has 0 bridgehead atoms. The van der Waals surface area contributed by atoms with Gasteiger partial charge in [0.25, 0.3) is 5.91 Å². The van der Waals surface area contributed by atoms with Gasteiger partial charge in [0.1, 0.15) is 18.1 Å². The van der Waals surface area contributed by atoms with Crippen molar-refractivity contribution < 1.29 is 28.6 Å². The maximum atomic E-state index is 12.4. The van der Waals surface area contributed by atoms with Gasteiger partial charge in [-0.05, 0) is 42.8 Å². The molecule has 2 aromatic rings. The molecule has 1 aromatic heterocycles. The molecule has 146 valence electrons. The molecule has 0 unspecified atom stereocenters. The van der Waals surface area contributed by atoms with Crippen LogP contribution in [-0.4, -0.2) is 55.2 Å². The third-order valence-corrected chi connectivity index (χ3v) is 5.50. The summed E-state index contributed by atoms with van der Waals surface area (Å²) in [5.41, 5.74) is 0.895. The highest BCUT2D eigenvalue weighted by atomic mass is 32.1. The quantitative estimate of drug-likeness (QED) is 0.789. The number of ether oxygens (including phenoxy) is 3. The zero-order valence-electron chi connectivity index (χ0n) is 15.1. The van der Waals surface area contributed by atoms with E-state index in [1.54, 1.807) is 6.07 Å². The molecule has 2 aliphatic rings. The van der Waals surface area contributed by atoms with Crippen molar-refractivity contribution in [1.29, 1.82) is 0 Å². The van der Waals surface area contributed by atoms with Crippen LogP contribution in [-0.2, 0) is 9.53 Å². The number of esters is 1. The van der Waals surface area contributed by atoms with Gasteiger partial charge in [-0.2, -0.15) is 0 Å². The van der Waals surface area contributed by atoms with Crippen molar-refractivity contribution in [3.8, 4) is 21.9 Å². The summed E-state index contributed by atoms with van der Waals surface area (Å²) in [5, 5.41) is 2.54. The molecule has 1 atom stereocenters. The predicted octanol–water partition coefficient (Wildman–Crippen LogP) is 2.28. The number of rotatable bonds is 4. The number of fused-ring (bicyclic) bond motifs is 1. The Hall–Kier alpha value is -3.07. The SMILES string of the molecule is C[C@H](OC(=O)c1ccc(-c2ccc3c(c2)OCCO3)s1)C(=O)N1CCNC1=O. The smallest absolute Gasteiger partial charge is 0.349 e. The summed E-state index contributed by atoms with van der Waals surface area (Å²) in [4.78, 5) is 38.5. The summed E-state index contributed by atoms with van der Waals surface area (Å²) < 4.78 is 16.4. The van der Waals surface area contributed by atoms with Gasteiger partial charge in [-0.1, -0.05) is 0 Å². The van der Waals surface area contributed by atoms with Gasteiger partial charge in [0.05, 0.1) is 0 Å². The van der Waals surface area contributed by atoms with E-state index in [-0.39, 0.29) is 6.54 Å². The van der Waals surface area contributed by atoms with Crippen molar-refractivity contribution in [2.24, 2.45) is 0 Å². The number of hydrogen-bond donors (Lipinski definition) is 1. The Morgan fingerprint density at radius 1 is 1.18 bits per heavy atom. The fourth-order valence-corrected chi connectivity index (χ4v) is 3.86. The Labute approximate surface area is 165 Å². The van der Waals surface area contributed by atoms with Crippen molar-refractivity contribution in [2.75, 3.05) is 26.3 Å². The first-order valence-corrected chi connectivity index (χ1v) is 9.64. The third kappa shape index (κ3) is 3.53. The van der Waals surface area contributed by atoms with Gasteiger partial charge >= 0.3 is 12.0 Å². The van der Waals surface area contributed by atoms with Crippen LogP contribution in [0.25, 0.3) is 10.4 Å². The molecule has 3 heterocycles. The molecule has 1 aromatic carbocycles. The zero-order valence-corrected chi connectivity index (χ0v) is 15.9. The van der Waals surface area contributed by atoms with Gasteiger partial charge in [-0.25, -0.2) is 9.59 Å². The molecule has 0 radical (unpaired) electrons. The number of nitrogens with zero attached hydrogens (tertiary/aromatic N) is 1. The van der Waals surface area contributed by atoms with Gasteiger partial charge in [0, 0.05) is 18.0 Å². The van der Waals surface area contributed by atoms with Gasteiger partial charge in [0.15, 0.2) is 17.6 Å². The lowest BCUT2D eigenvalue weighted by Crippen LogP contribution is -2.41. The molecular weight excluding hydrogens is 384 g/mol. The molecule has 1 fully saturated rings. The molecule has 28 heavy (non-hydrogen) atoms. The van der Waals surface area contributed by atoms with E-state index < -0.39 is 24.0 Å². The normalized spacial score (nSPS) is 16.5. The van der Waals surface area contributed by atoms with E-state index in [1.807, 2.05) is 24.3 Å². The second-order valence-electron chi connectivity index (χ2n) is 6.29. The van der Waals surface area contributed by atoms with Crippen LogP contribution >= 0.6 is 11.3 Å². The Kier molecular flexibility index (Phi) is 4.91. The highest BCUT2D eigenvalue weighted by molar-refractivity contribution is 7.17. The van der Waals surface area contributed by atoms with Crippen LogP contribution in [0.5, 0.6) is 11.5 Å². The summed E-state index contributed by atoms with van der Waals surface area (Å²) in [6, 6.07) is 8.60. The van der Waals surface area contributed by atoms with Crippen molar-refractivity contribution in [1.82, 2.24) is 10.2 Å². The Balaban J connectivity index is 1.44. The number of thiophene rings is 1. The molecule has 4 rings (SSSR count). The van der Waals surface area contributed by atoms with Gasteiger partial charge in [0.2, 0.25) is 0 Å². The first kappa shape index (κ1) is 18.3. The number of hydrogen-bond acceptors (Lipinski definition) is 7. The molecule has 9 heteroatoms. The summed E-state index contributed by atoms with van der Waals surface area (Å²) in [6.07, 6.45) is -1.05. The van der Waals surface area contributed by atoms with Crippen LogP contribution in [0.4, 0.5) is 4.79 Å². The van der Waals surface area contributed by atoms with E-state index in [0.717, 1.165) is 15.3 Å². The number of benzene rings is 1. The molecular formula is C19H18N2O6S. The molecule has 1 N–H and O–H groups in total. The summed E-state index contributed by atoms with van der Waals surface area (Å²) >= 11 is 1.26. The largest absolute Gasteiger partial charge is 0.486 e. The number of amides is 3. The van der Waals surface area contributed by atoms with Crippen LogP contribution in [0.1, 0.15) is 16.6 Å². The monoisotopic (exact) mass is 402 g/mol. The lowest BCUT2D eigenvalue weighted by molar-refractivity contribution is -0.135. The minimum atomic E-state index is -1.05. The molecule has 8 nitrogen and oxygen atoms in total. The zero-order chi connectivity index (χ0) is 19.7. The first-order valence-electron chi connectivity index (χ1n) is 8.83. The number of carbonyl (C=O) groups is 3. The summed E-state index contributed by atoms with van der Waals surface area (Å²) in [5.74, 6) is 0.232. The fourth-order valence-electron chi connectivity index (χ4n) is 2.97. The number of nitrogens with one attached hydrogen (secondary N) is 1. The number of imide groups is 1. The van der Waals surface area contributed by atoms with Crippen LogP contribution in [0, 0.1) is 0 Å². The molecule has 0 spiro atoms. The lowest BCUT2D eigenvalue weighted by atomic mass is 10.1. The molecule has 1 saturated heterocycles. The minimum absolute atomic E-state index is 0.271. The van der Waals surface area contributed by atoms with Crippen molar-refractivity contribution in [3.63, 3.8) is 0 Å². The minimum Gasteiger partial charge on any atom is -0.486 e. The average Bonchev–Trinajstić information content (AvgIpc) is 3.36. The Morgan fingerprint density at radius 3 is 2.71 bits per heavy atom. The maximum Gasteiger partial charge on any atom is 0.349 e. The molecule has 0 aliphatic carbocycles. The van der Waals surface area contributed by atoms with Gasteiger partial charge < -0.3 is 19.5 Å². The Morgan fingerprint density at radius 2 is 1.96 bits per heavy atom. The van der Waals surface area contributed by atoms with E-state index in [9.17, 15) is 14.4 Å². The van der Waals surface area contributed by atoms with Crippen molar-refractivity contribution >= 4 is 29.2 Å². The van der Waals surface area contributed by atoms with E-state index in [4.69, 9.17) is 14.2 Å². The lowest BCUT2D eigenvalue weighted by Gasteiger charge is -2.18.